The van der Waals surface area contributed by atoms with Crippen LogP contribution in [0.3, 0.4) is 0 Å². The molecule has 0 radical (unpaired) electrons. The highest BCUT2D eigenvalue weighted by Crippen LogP contribution is 2.35. The zero-order valence-corrected chi connectivity index (χ0v) is 19.1. The Morgan fingerprint density at radius 3 is 2.71 bits per heavy atom. The summed E-state index contributed by atoms with van der Waals surface area (Å²) in [4.78, 5) is 44.6. The molecule has 9 heteroatoms. The third-order valence-corrected chi connectivity index (χ3v) is 7.47. The van der Waals surface area contributed by atoms with Gasteiger partial charge >= 0.3 is 0 Å². The second-order valence-electron chi connectivity index (χ2n) is 9.64. The van der Waals surface area contributed by atoms with Crippen LogP contribution in [0.5, 0.6) is 0 Å². The zero-order valence-electron chi connectivity index (χ0n) is 19.1. The minimum atomic E-state index is -0.696. The van der Waals surface area contributed by atoms with Crippen LogP contribution in [0, 0.1) is 5.82 Å². The zero-order chi connectivity index (χ0) is 24.1. The lowest BCUT2D eigenvalue weighted by Gasteiger charge is -2.32. The van der Waals surface area contributed by atoms with Crippen LogP contribution >= 0.6 is 0 Å². The average Bonchev–Trinajstić information content (AvgIpc) is 3.43. The first-order chi connectivity index (χ1) is 17.0. The summed E-state index contributed by atoms with van der Waals surface area (Å²) in [7, 11) is 0. The van der Waals surface area contributed by atoms with Crippen molar-refractivity contribution < 1.29 is 23.2 Å². The van der Waals surface area contributed by atoms with Crippen LogP contribution < -0.4 is 5.32 Å². The van der Waals surface area contributed by atoms with Crippen molar-refractivity contribution >= 4 is 28.8 Å². The second-order valence-corrected chi connectivity index (χ2v) is 9.64. The quantitative estimate of drug-likeness (QED) is 0.582. The van der Waals surface area contributed by atoms with Crippen molar-refractivity contribution in [1.82, 2.24) is 20.1 Å². The lowest BCUT2D eigenvalue weighted by atomic mass is 9.87. The van der Waals surface area contributed by atoms with E-state index in [0.717, 1.165) is 54.7 Å². The summed E-state index contributed by atoms with van der Waals surface area (Å²) in [6, 6.07) is 8.48. The van der Waals surface area contributed by atoms with Crippen LogP contribution in [-0.2, 0) is 22.7 Å². The number of halogens is 1. The maximum Gasteiger partial charge on any atom is 0.255 e. The second kappa shape index (κ2) is 8.57. The fourth-order valence-corrected chi connectivity index (χ4v) is 5.58. The highest BCUT2D eigenvalue weighted by Gasteiger charge is 2.40. The van der Waals surface area contributed by atoms with Gasteiger partial charge in [-0.2, -0.15) is 0 Å². The molecular weight excluding hydrogens is 451 g/mol. The molecule has 1 unspecified atom stereocenters. The van der Waals surface area contributed by atoms with E-state index in [2.05, 4.69) is 21.3 Å². The van der Waals surface area contributed by atoms with Crippen molar-refractivity contribution in [2.75, 3.05) is 13.1 Å². The molecule has 8 nitrogen and oxygen atoms in total. The first-order valence-electron chi connectivity index (χ1n) is 12.0. The summed E-state index contributed by atoms with van der Waals surface area (Å²) in [6.45, 7) is 2.75. The standard InChI is InChI=1S/C26H25FN4O4/c27-20-11-19-17(13-31(26(19)34)22-3-4-24(32)29-25(22)33)10-18(20)16-5-7-30(8-6-16)12-15-1-2-21-23(9-15)35-14-28-21/h1-2,9-11,14,16,22H,3-8,12-13H2,(H,29,32,33). The minimum Gasteiger partial charge on any atom is -0.443 e. The Labute approximate surface area is 201 Å². The Bertz CT molecular complexity index is 1340. The number of benzene rings is 2. The number of amides is 3. The Morgan fingerprint density at radius 1 is 1.09 bits per heavy atom. The smallest absolute Gasteiger partial charge is 0.255 e. The minimum absolute atomic E-state index is 0.0769. The summed E-state index contributed by atoms with van der Waals surface area (Å²) in [5.74, 6) is -1.42. The van der Waals surface area contributed by atoms with Gasteiger partial charge in [-0.15, -0.1) is 0 Å². The van der Waals surface area contributed by atoms with Gasteiger partial charge in [-0.05, 0) is 73.2 Å². The molecule has 0 bridgehead atoms. The van der Waals surface area contributed by atoms with Gasteiger partial charge in [-0.25, -0.2) is 9.37 Å². The highest BCUT2D eigenvalue weighted by atomic mass is 19.1. The largest absolute Gasteiger partial charge is 0.443 e. The lowest BCUT2D eigenvalue weighted by Crippen LogP contribution is -2.52. The van der Waals surface area contributed by atoms with Crippen molar-refractivity contribution in [3.63, 3.8) is 0 Å². The van der Waals surface area contributed by atoms with Gasteiger partial charge in [0.1, 0.15) is 17.4 Å². The SMILES string of the molecule is O=C1CCC(N2Cc3cc(C4CCN(Cc5ccc6ncoc6c5)CC4)c(F)cc3C2=O)C(=O)N1. The number of rotatable bonds is 4. The summed E-state index contributed by atoms with van der Waals surface area (Å²) in [5.41, 5.74) is 4.48. The van der Waals surface area contributed by atoms with E-state index in [1.54, 1.807) is 0 Å². The maximum atomic E-state index is 15.1. The molecule has 3 aromatic rings. The van der Waals surface area contributed by atoms with Crippen molar-refractivity contribution in [2.24, 2.45) is 0 Å². The van der Waals surface area contributed by atoms with Gasteiger partial charge in [0.2, 0.25) is 11.8 Å². The first kappa shape index (κ1) is 21.9. The van der Waals surface area contributed by atoms with E-state index in [1.165, 1.54) is 17.4 Å². The normalized spacial score (nSPS) is 21.6. The van der Waals surface area contributed by atoms with Crippen LogP contribution in [0.2, 0.25) is 0 Å². The number of fused-ring (bicyclic) bond motifs is 2. The highest BCUT2D eigenvalue weighted by molar-refractivity contribution is 6.05. The van der Waals surface area contributed by atoms with Crippen molar-refractivity contribution in [1.29, 1.82) is 0 Å². The molecule has 2 saturated heterocycles. The van der Waals surface area contributed by atoms with Crippen molar-refractivity contribution in [2.45, 2.75) is 50.7 Å². The summed E-state index contributed by atoms with van der Waals surface area (Å²) in [6.07, 6.45) is 3.58. The Hall–Kier alpha value is -3.59. The first-order valence-corrected chi connectivity index (χ1v) is 12.0. The number of nitrogens with one attached hydrogen (secondary N) is 1. The molecule has 1 aromatic heterocycles. The predicted octanol–water partition coefficient (Wildman–Crippen LogP) is 3.11. The fourth-order valence-electron chi connectivity index (χ4n) is 5.58. The van der Waals surface area contributed by atoms with Crippen molar-refractivity contribution in [3.8, 4) is 0 Å². The molecule has 1 N–H and O–H groups in total. The van der Waals surface area contributed by atoms with Gasteiger partial charge < -0.3 is 9.32 Å². The van der Waals surface area contributed by atoms with E-state index >= 15 is 4.39 Å². The number of hydrogen-bond acceptors (Lipinski definition) is 6. The van der Waals surface area contributed by atoms with Gasteiger partial charge in [0.15, 0.2) is 12.0 Å². The van der Waals surface area contributed by atoms with Gasteiger partial charge in [0.25, 0.3) is 5.91 Å². The summed E-state index contributed by atoms with van der Waals surface area (Å²) >= 11 is 0. The van der Waals surface area contributed by atoms with Crippen LogP contribution in [0.1, 0.15) is 58.6 Å². The Morgan fingerprint density at radius 2 is 1.91 bits per heavy atom. The van der Waals surface area contributed by atoms with Crippen LogP contribution in [0.15, 0.2) is 41.1 Å². The number of imide groups is 1. The predicted molar refractivity (Wildman–Crippen MR) is 124 cm³/mol. The number of likely N-dealkylation sites (tertiary alicyclic amines) is 1. The number of carbonyl (C=O) groups excluding carboxylic acids is 3. The van der Waals surface area contributed by atoms with Crippen LogP contribution in [-0.4, -0.2) is 51.6 Å². The average molecular weight is 477 g/mol. The van der Waals surface area contributed by atoms with E-state index in [4.69, 9.17) is 4.42 Å². The fraction of sp³-hybridized carbons (Fsp3) is 0.385. The van der Waals surface area contributed by atoms with E-state index in [-0.39, 0.29) is 36.5 Å². The molecule has 3 aliphatic rings. The molecule has 2 fully saturated rings. The molecular formula is C26H25FN4O4. The molecule has 0 aliphatic carbocycles. The Kier molecular flexibility index (Phi) is 5.36. The summed E-state index contributed by atoms with van der Waals surface area (Å²) in [5, 5.41) is 2.30. The summed E-state index contributed by atoms with van der Waals surface area (Å²) < 4.78 is 20.5. The van der Waals surface area contributed by atoms with E-state index in [1.807, 2.05) is 18.2 Å². The molecule has 6 rings (SSSR count). The number of aromatic nitrogens is 1. The number of piperidine rings is 2. The Balaban J connectivity index is 1.13. The molecule has 0 spiro atoms. The van der Waals surface area contributed by atoms with E-state index in [0.29, 0.717) is 17.5 Å². The van der Waals surface area contributed by atoms with Crippen LogP contribution in [0.4, 0.5) is 4.39 Å². The number of oxazole rings is 1. The molecule has 1 atom stereocenters. The van der Waals surface area contributed by atoms with E-state index < -0.39 is 11.9 Å². The van der Waals surface area contributed by atoms with Crippen molar-refractivity contribution in [3.05, 3.63) is 64.8 Å². The van der Waals surface area contributed by atoms with Crippen LogP contribution in [0.25, 0.3) is 11.1 Å². The molecule has 3 amide bonds. The third kappa shape index (κ3) is 3.99. The topological polar surface area (TPSA) is 95.8 Å². The van der Waals surface area contributed by atoms with Gasteiger partial charge in [-0.3, -0.25) is 24.6 Å². The molecule has 0 saturated carbocycles. The maximum absolute atomic E-state index is 15.1. The van der Waals surface area contributed by atoms with Gasteiger partial charge in [-0.1, -0.05) is 12.1 Å². The number of carbonyl (C=O) groups is 3. The van der Waals surface area contributed by atoms with E-state index in [9.17, 15) is 14.4 Å². The molecule has 35 heavy (non-hydrogen) atoms. The monoisotopic (exact) mass is 476 g/mol. The lowest BCUT2D eigenvalue weighted by molar-refractivity contribution is -0.136. The number of nitrogens with zero attached hydrogens (tertiary/aromatic N) is 3. The van der Waals surface area contributed by atoms with Gasteiger partial charge in [0.05, 0.1) is 0 Å². The molecule has 2 aromatic carbocycles. The molecule has 3 aliphatic heterocycles. The third-order valence-electron chi connectivity index (χ3n) is 7.47. The number of hydrogen-bond donors (Lipinski definition) is 1. The molecule has 4 heterocycles. The van der Waals surface area contributed by atoms with Gasteiger partial charge in [0, 0.05) is 25.1 Å². The molecule has 180 valence electrons.